The van der Waals surface area contributed by atoms with Crippen molar-refractivity contribution in [1.82, 2.24) is 0 Å². The molecule has 0 bridgehead atoms. The smallest absolute Gasteiger partial charge is 0.338 e. The zero-order valence-electron chi connectivity index (χ0n) is 22.2. The van der Waals surface area contributed by atoms with Crippen molar-refractivity contribution in [2.75, 3.05) is 25.0 Å². The maximum Gasteiger partial charge on any atom is 0.338 e. The lowest BCUT2D eigenvalue weighted by molar-refractivity contribution is 0.0527. The van der Waals surface area contributed by atoms with Crippen LogP contribution < -0.4 is 16.2 Å². The van der Waals surface area contributed by atoms with Crippen LogP contribution in [-0.2, 0) is 4.74 Å². The van der Waals surface area contributed by atoms with Crippen LogP contribution in [0, 0.1) is 13.8 Å². The summed E-state index contributed by atoms with van der Waals surface area (Å²) in [6, 6.07) is 15.9. The summed E-state index contributed by atoms with van der Waals surface area (Å²) < 4.78 is 11.8. The number of carbonyl (C=O) groups is 1. The summed E-state index contributed by atoms with van der Waals surface area (Å²) in [6.45, 7) is 11.9. The number of hydrogen-bond donors (Lipinski definition) is 4. The minimum absolute atomic E-state index is 0. The molecule has 0 saturated heterocycles. The number of aryl methyl sites for hydroxylation is 2. The Hall–Kier alpha value is -3.00. The summed E-state index contributed by atoms with van der Waals surface area (Å²) in [5.41, 5.74) is 11.5. The molecule has 0 unspecified atom stereocenters. The van der Waals surface area contributed by atoms with E-state index >= 15 is 0 Å². The third-order valence-corrected chi connectivity index (χ3v) is 5.77. The van der Waals surface area contributed by atoms with Crippen molar-refractivity contribution in [3.63, 3.8) is 0 Å². The predicted molar refractivity (Wildman–Crippen MR) is 157 cm³/mol. The molecule has 204 valence electrons. The summed E-state index contributed by atoms with van der Waals surface area (Å²) >= 11 is 0. The van der Waals surface area contributed by atoms with Crippen molar-refractivity contribution in [3.05, 3.63) is 70.6 Å². The fourth-order valence-electron chi connectivity index (χ4n) is 4.29. The number of esters is 1. The molecule has 4 rings (SSSR count). The van der Waals surface area contributed by atoms with Crippen molar-refractivity contribution >= 4 is 43.6 Å². The average molecular weight is 560 g/mol. The largest absolute Gasteiger partial charge is 0.462 e. The van der Waals surface area contributed by atoms with Gasteiger partial charge in [0.15, 0.2) is 0 Å². The second-order valence-electron chi connectivity index (χ2n) is 8.37. The Morgan fingerprint density at radius 3 is 2.37 bits per heavy atom. The molecule has 2 aromatic carbocycles. The maximum absolute atomic E-state index is 12.9. The molecule has 0 radical (unpaired) electrons. The topological polar surface area (TPSA) is 130 Å². The van der Waals surface area contributed by atoms with Crippen LogP contribution in [0.4, 0.5) is 5.69 Å². The molecule has 0 aromatic heterocycles. The second kappa shape index (κ2) is 14.2. The summed E-state index contributed by atoms with van der Waals surface area (Å²) in [5.74, 6) is 0.408. The summed E-state index contributed by atoms with van der Waals surface area (Å²) in [5, 5.41) is 5.28. The van der Waals surface area contributed by atoms with Crippen LogP contribution in [0.1, 0.15) is 42.3 Å². The van der Waals surface area contributed by atoms with E-state index in [2.05, 4.69) is 48.7 Å². The number of nitrogens with two attached hydrogens (primary N) is 1. The predicted octanol–water partition coefficient (Wildman–Crippen LogP) is 5.93. The Bertz CT molecular complexity index is 1440. The van der Waals surface area contributed by atoms with E-state index in [4.69, 9.17) is 18.9 Å². The van der Waals surface area contributed by atoms with Gasteiger partial charge in [-0.25, -0.2) is 4.79 Å². The van der Waals surface area contributed by atoms with E-state index in [-0.39, 0.29) is 18.4 Å². The highest BCUT2D eigenvalue weighted by molar-refractivity contribution is 7.42. The van der Waals surface area contributed by atoms with E-state index in [1.807, 2.05) is 50.2 Å². The highest BCUT2D eigenvalue weighted by atomic mass is 35.5. The number of ether oxygens (including phenoxy) is 1. The Labute approximate surface area is 230 Å². The fourth-order valence-corrected chi connectivity index (χ4v) is 4.29. The number of benzene rings is 3. The Kier molecular flexibility index (Phi) is 11.7. The fraction of sp³-hybridized carbons (Fsp3) is 0.286. The Morgan fingerprint density at radius 1 is 1.05 bits per heavy atom. The van der Waals surface area contributed by atoms with E-state index in [9.17, 15) is 4.79 Å². The number of anilines is 1. The molecule has 38 heavy (non-hydrogen) atoms. The first-order valence-corrected chi connectivity index (χ1v) is 13.5. The minimum Gasteiger partial charge on any atom is -0.462 e. The third-order valence-electron chi connectivity index (χ3n) is 5.77. The molecule has 0 fully saturated rings. The molecule has 2 aliphatic rings. The molecule has 2 aromatic rings. The molecular formula is C28H35ClN3O5P. The van der Waals surface area contributed by atoms with Gasteiger partial charge < -0.3 is 24.3 Å². The van der Waals surface area contributed by atoms with Gasteiger partial charge in [0.05, 0.1) is 17.5 Å². The first kappa shape index (κ1) is 31.2. The van der Waals surface area contributed by atoms with E-state index < -0.39 is 8.53 Å². The van der Waals surface area contributed by atoms with Gasteiger partial charge >= 0.3 is 5.97 Å². The van der Waals surface area contributed by atoms with Crippen molar-refractivity contribution in [1.29, 1.82) is 0 Å². The van der Waals surface area contributed by atoms with Gasteiger partial charge in [-0.3, -0.25) is 10.5 Å². The molecule has 0 spiro atoms. The molecular weight excluding hydrogens is 525 g/mol. The summed E-state index contributed by atoms with van der Waals surface area (Å²) in [7, 11) is -2.12. The van der Waals surface area contributed by atoms with Gasteiger partial charge in [-0.2, -0.15) is 0 Å². The number of nitrogens with zero attached hydrogens (tertiary/aromatic N) is 1. The van der Waals surface area contributed by atoms with Crippen molar-refractivity contribution in [3.8, 4) is 22.5 Å². The highest BCUT2D eigenvalue weighted by Gasteiger charge is 2.23. The number of halogens is 1. The molecule has 10 heteroatoms. The van der Waals surface area contributed by atoms with Gasteiger partial charge in [0.2, 0.25) is 8.53 Å². The van der Waals surface area contributed by atoms with Crippen LogP contribution in [0.15, 0.2) is 57.9 Å². The van der Waals surface area contributed by atoms with E-state index in [0.717, 1.165) is 62.1 Å². The van der Waals surface area contributed by atoms with Crippen LogP contribution in [0.25, 0.3) is 33.4 Å². The highest BCUT2D eigenvalue weighted by Crippen LogP contribution is 2.43. The van der Waals surface area contributed by atoms with Crippen LogP contribution in [0.3, 0.4) is 0 Å². The summed E-state index contributed by atoms with van der Waals surface area (Å²) in [4.78, 5) is 32.4. The molecule has 8 nitrogen and oxygen atoms in total. The van der Waals surface area contributed by atoms with E-state index in [0.29, 0.717) is 18.7 Å². The number of rotatable bonds is 6. The van der Waals surface area contributed by atoms with Crippen molar-refractivity contribution < 1.29 is 23.7 Å². The van der Waals surface area contributed by atoms with Gasteiger partial charge in [-0.15, -0.1) is 12.4 Å². The quantitative estimate of drug-likeness (QED) is 0.131. The first-order chi connectivity index (χ1) is 17.7. The van der Waals surface area contributed by atoms with Gasteiger partial charge in [0, 0.05) is 47.4 Å². The molecule has 5 N–H and O–H groups in total. The summed E-state index contributed by atoms with van der Waals surface area (Å²) in [6.07, 6.45) is 0. The van der Waals surface area contributed by atoms with E-state index in [1.54, 1.807) is 0 Å². The third kappa shape index (κ3) is 7.10. The van der Waals surface area contributed by atoms with Crippen molar-refractivity contribution in [2.45, 2.75) is 34.6 Å². The van der Waals surface area contributed by atoms with Crippen molar-refractivity contribution in [2.24, 2.45) is 10.5 Å². The number of nitrogens with one attached hydrogen (secondary N) is 1. The zero-order chi connectivity index (χ0) is 27.1. The standard InChI is InChI=1S/C28H30N2O3.ClH.H4NO2P/c1-6-29-23-15-25-21(13-17(23)4)27(19-11-9-10-12-20(19)28(31)32-8-3)22-14-18(5)24(30-7-2)16-26(22)33-25;;1-4(2)3/h9-16,29H,6-8H2,1-5H3;1H;2-3H,1H2. The number of fused-ring (bicyclic) bond motifs is 2. The minimum atomic E-state index is -2.12. The molecule has 0 saturated carbocycles. The molecule has 1 aliphatic heterocycles. The normalized spacial score (nSPS) is 11.2. The lowest BCUT2D eigenvalue weighted by Gasteiger charge is -2.19. The van der Waals surface area contributed by atoms with Gasteiger partial charge in [0.25, 0.3) is 0 Å². The Balaban J connectivity index is 0.000000947. The van der Waals surface area contributed by atoms with Crippen LogP contribution >= 0.6 is 20.9 Å². The monoisotopic (exact) mass is 559 g/mol. The number of carbonyl (C=O) groups excluding carboxylic acids is 1. The van der Waals surface area contributed by atoms with E-state index in [1.165, 1.54) is 0 Å². The zero-order valence-corrected chi connectivity index (χ0v) is 24.0. The molecule has 0 atom stereocenters. The SMILES string of the molecule is CCN=c1cc2oc3cc(NCC)c(C)cc3c(-c3ccccc3C(=O)OCC)c-2cc1C.Cl.NP(O)O. The lowest BCUT2D eigenvalue weighted by atomic mass is 9.89. The molecule has 1 aliphatic carbocycles. The Morgan fingerprint density at radius 2 is 1.74 bits per heavy atom. The maximum atomic E-state index is 12.9. The van der Waals surface area contributed by atoms with Gasteiger partial charge in [0.1, 0.15) is 11.3 Å². The second-order valence-corrected chi connectivity index (χ2v) is 9.01. The van der Waals surface area contributed by atoms with Gasteiger partial charge in [-0.1, -0.05) is 18.2 Å². The van der Waals surface area contributed by atoms with Crippen LogP contribution in [0.2, 0.25) is 0 Å². The first-order valence-electron chi connectivity index (χ1n) is 12.2. The molecule has 1 heterocycles. The average Bonchev–Trinajstić information content (AvgIpc) is 2.84. The van der Waals surface area contributed by atoms with Crippen LogP contribution in [0.5, 0.6) is 0 Å². The number of hydrogen-bond acceptors (Lipinski definition) is 8. The van der Waals surface area contributed by atoms with Crippen LogP contribution in [-0.4, -0.2) is 35.5 Å². The lowest BCUT2D eigenvalue weighted by Crippen LogP contribution is -2.10. The van der Waals surface area contributed by atoms with Gasteiger partial charge in [-0.05, 0) is 69.5 Å². The molecule has 0 amide bonds.